The molecule has 0 fully saturated rings. The standard InChI is InChI=1S/C22H20ClN5O2/c1-15(17-8-10-18(23)11-9-17)24-21(29)25-19-6-4-5-16(13-19)14-28-22(30)27-12-3-2-7-20(27)26-28/h2-13,15H,14H2,1H3,(H2,24,25,29). The first kappa shape index (κ1) is 19.7. The molecule has 2 aromatic carbocycles. The molecule has 152 valence electrons. The van der Waals surface area contributed by atoms with E-state index in [4.69, 9.17) is 11.6 Å². The van der Waals surface area contributed by atoms with Crippen LogP contribution in [0.15, 0.2) is 77.7 Å². The number of fused-ring (bicyclic) bond motifs is 1. The molecule has 2 N–H and O–H groups in total. The van der Waals surface area contributed by atoms with Crippen LogP contribution in [-0.4, -0.2) is 20.2 Å². The Kier molecular flexibility index (Phi) is 5.54. The predicted molar refractivity (Wildman–Crippen MR) is 117 cm³/mol. The van der Waals surface area contributed by atoms with E-state index in [1.165, 1.54) is 9.08 Å². The van der Waals surface area contributed by atoms with E-state index in [0.29, 0.717) is 22.9 Å². The number of carbonyl (C=O) groups excluding carboxylic acids is 1. The molecule has 0 aliphatic rings. The van der Waals surface area contributed by atoms with Gasteiger partial charge in [-0.05, 0) is 54.4 Å². The van der Waals surface area contributed by atoms with Crippen molar-refractivity contribution >= 4 is 29.0 Å². The number of aromatic nitrogens is 3. The molecule has 0 saturated heterocycles. The Labute approximate surface area is 177 Å². The van der Waals surface area contributed by atoms with Gasteiger partial charge in [-0.25, -0.2) is 14.3 Å². The quantitative estimate of drug-likeness (QED) is 0.509. The third-order valence-corrected chi connectivity index (χ3v) is 4.98. The molecule has 7 nitrogen and oxygen atoms in total. The van der Waals surface area contributed by atoms with Crippen LogP contribution in [-0.2, 0) is 6.54 Å². The Hall–Kier alpha value is -3.58. The van der Waals surface area contributed by atoms with Crippen LogP contribution in [0.2, 0.25) is 5.02 Å². The lowest BCUT2D eigenvalue weighted by atomic mass is 10.1. The number of carbonyl (C=O) groups is 1. The molecule has 2 aromatic heterocycles. The molecule has 30 heavy (non-hydrogen) atoms. The summed E-state index contributed by atoms with van der Waals surface area (Å²) >= 11 is 5.91. The van der Waals surface area contributed by atoms with Crippen LogP contribution in [0.25, 0.3) is 5.65 Å². The largest absolute Gasteiger partial charge is 0.350 e. The molecule has 0 saturated carbocycles. The van der Waals surface area contributed by atoms with E-state index in [0.717, 1.165) is 11.1 Å². The number of pyridine rings is 1. The first-order valence-electron chi connectivity index (χ1n) is 9.46. The Balaban J connectivity index is 1.44. The van der Waals surface area contributed by atoms with Gasteiger partial charge in [0.2, 0.25) is 0 Å². The van der Waals surface area contributed by atoms with Crippen molar-refractivity contribution in [2.45, 2.75) is 19.5 Å². The molecule has 8 heteroatoms. The summed E-state index contributed by atoms with van der Waals surface area (Å²) < 4.78 is 2.89. The van der Waals surface area contributed by atoms with E-state index in [2.05, 4.69) is 15.7 Å². The van der Waals surface area contributed by atoms with Crippen LogP contribution in [0.4, 0.5) is 10.5 Å². The summed E-state index contributed by atoms with van der Waals surface area (Å²) in [6.07, 6.45) is 1.69. The molecule has 2 amide bonds. The number of benzene rings is 2. The van der Waals surface area contributed by atoms with Crippen molar-refractivity contribution in [2.24, 2.45) is 0 Å². The predicted octanol–water partition coefficient (Wildman–Crippen LogP) is 4.08. The smallest absolute Gasteiger partial charge is 0.331 e. The minimum absolute atomic E-state index is 0.179. The van der Waals surface area contributed by atoms with E-state index in [1.807, 2.05) is 43.3 Å². The highest BCUT2D eigenvalue weighted by molar-refractivity contribution is 6.30. The van der Waals surface area contributed by atoms with Gasteiger partial charge in [-0.15, -0.1) is 5.10 Å². The maximum absolute atomic E-state index is 12.4. The minimum atomic E-state index is -0.320. The van der Waals surface area contributed by atoms with Gasteiger partial charge in [0.05, 0.1) is 12.6 Å². The van der Waals surface area contributed by atoms with Gasteiger partial charge in [0.1, 0.15) is 0 Å². The maximum atomic E-state index is 12.4. The lowest BCUT2D eigenvalue weighted by Crippen LogP contribution is -2.31. The van der Waals surface area contributed by atoms with Crippen molar-refractivity contribution in [3.05, 3.63) is 99.6 Å². The van der Waals surface area contributed by atoms with E-state index in [1.54, 1.807) is 36.5 Å². The molecule has 0 aliphatic carbocycles. The monoisotopic (exact) mass is 421 g/mol. The maximum Gasteiger partial charge on any atom is 0.350 e. The highest BCUT2D eigenvalue weighted by Gasteiger charge is 2.11. The molecule has 2 heterocycles. The Morgan fingerprint density at radius 2 is 1.90 bits per heavy atom. The molecule has 4 aromatic rings. The number of nitrogens with zero attached hydrogens (tertiary/aromatic N) is 3. The summed E-state index contributed by atoms with van der Waals surface area (Å²) in [5.74, 6) is 0. The highest BCUT2D eigenvalue weighted by Crippen LogP contribution is 2.17. The molecule has 0 spiro atoms. The number of urea groups is 1. The molecule has 0 bridgehead atoms. The van der Waals surface area contributed by atoms with Gasteiger partial charge in [0.15, 0.2) is 5.65 Å². The summed E-state index contributed by atoms with van der Waals surface area (Å²) in [6.45, 7) is 2.20. The summed E-state index contributed by atoms with van der Waals surface area (Å²) in [5, 5.41) is 10.7. The van der Waals surface area contributed by atoms with Crippen LogP contribution in [0.1, 0.15) is 24.1 Å². The second-order valence-corrected chi connectivity index (χ2v) is 7.38. The lowest BCUT2D eigenvalue weighted by molar-refractivity contribution is 0.249. The molecular formula is C22H20ClN5O2. The summed E-state index contributed by atoms with van der Waals surface area (Å²) in [6, 6.07) is 19.6. The highest BCUT2D eigenvalue weighted by atomic mass is 35.5. The second-order valence-electron chi connectivity index (χ2n) is 6.94. The molecule has 1 unspecified atom stereocenters. The third-order valence-electron chi connectivity index (χ3n) is 4.72. The van der Waals surface area contributed by atoms with Crippen molar-refractivity contribution in [1.82, 2.24) is 19.5 Å². The number of hydrogen-bond donors (Lipinski definition) is 2. The lowest BCUT2D eigenvalue weighted by Gasteiger charge is -2.15. The number of amides is 2. The zero-order valence-electron chi connectivity index (χ0n) is 16.2. The van der Waals surface area contributed by atoms with Crippen LogP contribution in [0, 0.1) is 0 Å². The van der Waals surface area contributed by atoms with Crippen LogP contribution in [0.5, 0.6) is 0 Å². The summed E-state index contributed by atoms with van der Waals surface area (Å²) in [5.41, 5.74) is 2.81. The van der Waals surface area contributed by atoms with Crippen molar-refractivity contribution < 1.29 is 4.79 Å². The van der Waals surface area contributed by atoms with Gasteiger partial charge in [-0.3, -0.25) is 4.40 Å². The molecule has 0 aliphatic heterocycles. The number of hydrogen-bond acceptors (Lipinski definition) is 3. The van der Waals surface area contributed by atoms with E-state index in [9.17, 15) is 9.59 Å². The van der Waals surface area contributed by atoms with Crippen molar-refractivity contribution in [2.75, 3.05) is 5.32 Å². The Bertz CT molecular complexity index is 1250. The van der Waals surface area contributed by atoms with Crippen LogP contribution >= 0.6 is 11.6 Å². The van der Waals surface area contributed by atoms with Gasteiger partial charge in [-0.1, -0.05) is 41.9 Å². The fraction of sp³-hybridized carbons (Fsp3) is 0.136. The summed E-state index contributed by atoms with van der Waals surface area (Å²) in [4.78, 5) is 24.8. The van der Waals surface area contributed by atoms with E-state index >= 15 is 0 Å². The first-order chi connectivity index (χ1) is 14.5. The second kappa shape index (κ2) is 8.42. The normalized spacial score (nSPS) is 11.9. The average molecular weight is 422 g/mol. The van der Waals surface area contributed by atoms with Crippen LogP contribution < -0.4 is 16.3 Å². The van der Waals surface area contributed by atoms with Gasteiger partial charge < -0.3 is 10.6 Å². The minimum Gasteiger partial charge on any atom is -0.331 e. The van der Waals surface area contributed by atoms with Gasteiger partial charge in [0.25, 0.3) is 0 Å². The Morgan fingerprint density at radius 1 is 1.10 bits per heavy atom. The zero-order chi connectivity index (χ0) is 21.1. The van der Waals surface area contributed by atoms with Gasteiger partial charge >= 0.3 is 11.7 Å². The summed E-state index contributed by atoms with van der Waals surface area (Å²) in [7, 11) is 0. The zero-order valence-corrected chi connectivity index (χ0v) is 17.0. The number of nitrogens with one attached hydrogen (secondary N) is 2. The Morgan fingerprint density at radius 3 is 2.67 bits per heavy atom. The average Bonchev–Trinajstić information content (AvgIpc) is 3.04. The number of anilines is 1. The number of halogens is 1. The van der Waals surface area contributed by atoms with E-state index < -0.39 is 0 Å². The van der Waals surface area contributed by atoms with Crippen molar-refractivity contribution in [3.8, 4) is 0 Å². The van der Waals surface area contributed by atoms with E-state index in [-0.39, 0.29) is 17.8 Å². The van der Waals surface area contributed by atoms with Gasteiger partial charge in [-0.2, -0.15) is 0 Å². The fourth-order valence-electron chi connectivity index (χ4n) is 3.19. The fourth-order valence-corrected chi connectivity index (χ4v) is 3.32. The topological polar surface area (TPSA) is 80.4 Å². The first-order valence-corrected chi connectivity index (χ1v) is 9.83. The van der Waals surface area contributed by atoms with Crippen molar-refractivity contribution in [1.29, 1.82) is 0 Å². The SMILES string of the molecule is CC(NC(=O)Nc1cccc(Cn2nc3ccccn3c2=O)c1)c1ccc(Cl)cc1. The van der Waals surface area contributed by atoms with Crippen LogP contribution in [0.3, 0.4) is 0 Å². The molecule has 0 radical (unpaired) electrons. The van der Waals surface area contributed by atoms with Gasteiger partial charge in [0, 0.05) is 16.9 Å². The molecule has 1 atom stereocenters. The third kappa shape index (κ3) is 4.36. The molecule has 4 rings (SSSR count). The molecular weight excluding hydrogens is 402 g/mol. The number of rotatable bonds is 5. The van der Waals surface area contributed by atoms with Crippen molar-refractivity contribution in [3.63, 3.8) is 0 Å².